The quantitative estimate of drug-likeness (QED) is 0.798. The van der Waals surface area contributed by atoms with Crippen LogP contribution in [0.4, 0.5) is 0 Å². The maximum absolute atomic E-state index is 12.4. The summed E-state index contributed by atoms with van der Waals surface area (Å²) in [6.07, 6.45) is 5.06. The second kappa shape index (κ2) is 7.18. The molecule has 0 unspecified atom stereocenters. The fourth-order valence-electron chi connectivity index (χ4n) is 2.02. The van der Waals surface area contributed by atoms with Crippen molar-refractivity contribution in [3.05, 3.63) is 58.6 Å². The highest BCUT2D eigenvalue weighted by molar-refractivity contribution is 6.29. The van der Waals surface area contributed by atoms with E-state index < -0.39 is 0 Å². The third kappa shape index (κ3) is 4.26. The van der Waals surface area contributed by atoms with Gasteiger partial charge >= 0.3 is 0 Å². The summed E-state index contributed by atoms with van der Waals surface area (Å²) in [6, 6.07) is 7.33. The van der Waals surface area contributed by atoms with Crippen molar-refractivity contribution >= 4 is 17.5 Å². The van der Waals surface area contributed by atoms with E-state index in [1.807, 2.05) is 19.1 Å². The Bertz CT molecular complexity index is 616. The van der Waals surface area contributed by atoms with Gasteiger partial charge in [-0.25, -0.2) is 4.98 Å². The van der Waals surface area contributed by atoms with E-state index in [0.717, 1.165) is 24.1 Å². The van der Waals surface area contributed by atoms with Crippen LogP contribution in [0.1, 0.15) is 28.5 Å². The largest absolute Gasteiger partial charge is 0.341 e. The summed E-state index contributed by atoms with van der Waals surface area (Å²) in [5.74, 6) is -0.0388. The number of hydrogen-bond donors (Lipinski definition) is 0. The molecule has 0 spiro atoms. The Morgan fingerprint density at radius 1 is 1.29 bits per heavy atom. The molecule has 21 heavy (non-hydrogen) atoms. The number of halogens is 1. The molecule has 5 heteroatoms. The topological polar surface area (TPSA) is 46.1 Å². The summed E-state index contributed by atoms with van der Waals surface area (Å²) in [5, 5.41) is 0.361. The van der Waals surface area contributed by atoms with E-state index in [1.165, 1.54) is 0 Å². The van der Waals surface area contributed by atoms with Crippen molar-refractivity contribution in [2.75, 3.05) is 13.6 Å². The van der Waals surface area contributed by atoms with Gasteiger partial charge in [-0.1, -0.05) is 18.5 Å². The molecule has 0 aliphatic carbocycles. The summed E-state index contributed by atoms with van der Waals surface area (Å²) in [6.45, 7) is 2.63. The van der Waals surface area contributed by atoms with Crippen molar-refractivity contribution in [2.24, 2.45) is 0 Å². The number of pyridine rings is 2. The Morgan fingerprint density at radius 3 is 2.67 bits per heavy atom. The number of aryl methyl sites for hydroxylation is 1. The van der Waals surface area contributed by atoms with Gasteiger partial charge in [-0.2, -0.15) is 0 Å². The fourth-order valence-corrected chi connectivity index (χ4v) is 2.25. The third-order valence-corrected chi connectivity index (χ3v) is 3.48. The number of carbonyl (C=O) groups is 1. The number of hydrogen-bond acceptors (Lipinski definition) is 3. The van der Waals surface area contributed by atoms with Gasteiger partial charge in [-0.3, -0.25) is 9.78 Å². The van der Waals surface area contributed by atoms with Gasteiger partial charge in [0.1, 0.15) is 5.15 Å². The van der Waals surface area contributed by atoms with Gasteiger partial charge in [0.2, 0.25) is 0 Å². The van der Waals surface area contributed by atoms with Crippen molar-refractivity contribution in [3.63, 3.8) is 0 Å². The molecule has 110 valence electrons. The first kappa shape index (κ1) is 15.4. The lowest BCUT2D eigenvalue weighted by molar-refractivity contribution is 0.0796. The lowest BCUT2D eigenvalue weighted by Crippen LogP contribution is -2.29. The Kier molecular flexibility index (Phi) is 5.28. The molecule has 2 aromatic rings. The van der Waals surface area contributed by atoms with E-state index >= 15 is 0 Å². The number of carbonyl (C=O) groups excluding carboxylic acids is 1. The molecule has 0 aromatic carbocycles. The Hall–Kier alpha value is -1.94. The van der Waals surface area contributed by atoms with E-state index in [9.17, 15) is 4.79 Å². The highest BCUT2D eigenvalue weighted by Crippen LogP contribution is 2.13. The van der Waals surface area contributed by atoms with Crippen LogP contribution in [0, 0.1) is 0 Å². The first-order chi connectivity index (χ1) is 10.1. The van der Waals surface area contributed by atoms with Gasteiger partial charge < -0.3 is 4.90 Å². The van der Waals surface area contributed by atoms with Crippen LogP contribution in [0.3, 0.4) is 0 Å². The minimum Gasteiger partial charge on any atom is -0.341 e. The molecule has 2 aromatic heterocycles. The minimum absolute atomic E-state index is 0.0388. The molecule has 0 saturated carbocycles. The first-order valence-corrected chi connectivity index (χ1v) is 7.28. The second-order valence-electron chi connectivity index (χ2n) is 4.86. The number of likely N-dealkylation sites (N-methyl/N-ethyl adjacent to an activating group) is 1. The maximum atomic E-state index is 12.4. The van der Waals surface area contributed by atoms with E-state index in [1.54, 1.807) is 36.5 Å². The molecule has 0 saturated heterocycles. The predicted molar refractivity (Wildman–Crippen MR) is 83.5 cm³/mol. The average Bonchev–Trinajstić information content (AvgIpc) is 2.52. The van der Waals surface area contributed by atoms with Crippen LogP contribution in [0.25, 0.3) is 0 Å². The highest BCUT2D eigenvalue weighted by atomic mass is 35.5. The van der Waals surface area contributed by atoms with E-state index in [4.69, 9.17) is 11.6 Å². The number of rotatable bonds is 5. The molecule has 0 N–H and O–H groups in total. The Balaban J connectivity index is 2.03. The summed E-state index contributed by atoms with van der Waals surface area (Å²) >= 11 is 5.96. The summed E-state index contributed by atoms with van der Waals surface area (Å²) < 4.78 is 0. The standard InChI is InChI=1S/C16H18ClN3O/c1-3-14-10-13(11-15(17)19-14)16(21)20(2)9-6-12-4-7-18-8-5-12/h4-5,7-8,10-11H,3,6,9H2,1-2H3. The van der Waals surface area contributed by atoms with E-state index in [-0.39, 0.29) is 5.91 Å². The first-order valence-electron chi connectivity index (χ1n) is 6.91. The van der Waals surface area contributed by atoms with Gasteiger partial charge in [-0.15, -0.1) is 0 Å². The van der Waals surface area contributed by atoms with Gasteiger partial charge in [0.15, 0.2) is 0 Å². The summed E-state index contributed by atoms with van der Waals surface area (Å²) in [7, 11) is 1.80. The second-order valence-corrected chi connectivity index (χ2v) is 5.24. The van der Waals surface area contributed by atoms with Crippen molar-refractivity contribution < 1.29 is 4.79 Å². The van der Waals surface area contributed by atoms with Crippen LogP contribution in [0.2, 0.25) is 5.15 Å². The molecular weight excluding hydrogens is 286 g/mol. The summed E-state index contributed by atoms with van der Waals surface area (Å²) in [4.78, 5) is 22.3. The fraction of sp³-hybridized carbons (Fsp3) is 0.312. The zero-order valence-corrected chi connectivity index (χ0v) is 13.0. The molecule has 2 rings (SSSR count). The zero-order valence-electron chi connectivity index (χ0n) is 12.2. The molecular formula is C16H18ClN3O. The maximum Gasteiger partial charge on any atom is 0.253 e. The molecule has 4 nitrogen and oxygen atoms in total. The highest BCUT2D eigenvalue weighted by Gasteiger charge is 2.13. The molecule has 0 fully saturated rings. The van der Waals surface area contributed by atoms with E-state index in [2.05, 4.69) is 9.97 Å². The van der Waals surface area contributed by atoms with Gasteiger partial charge in [0.05, 0.1) is 0 Å². The SMILES string of the molecule is CCc1cc(C(=O)N(C)CCc2ccncc2)cc(Cl)n1. The van der Waals surface area contributed by atoms with Gasteiger partial charge in [0, 0.05) is 37.2 Å². The summed E-state index contributed by atoms with van der Waals surface area (Å²) in [5.41, 5.74) is 2.57. The van der Waals surface area contributed by atoms with Crippen LogP contribution < -0.4 is 0 Å². The van der Waals surface area contributed by atoms with Crippen molar-refractivity contribution in [2.45, 2.75) is 19.8 Å². The van der Waals surface area contributed by atoms with Crippen molar-refractivity contribution in [1.29, 1.82) is 0 Å². The number of nitrogens with zero attached hydrogens (tertiary/aromatic N) is 3. The normalized spacial score (nSPS) is 10.4. The number of amides is 1. The van der Waals surface area contributed by atoms with Crippen LogP contribution in [0.15, 0.2) is 36.7 Å². The molecule has 0 bridgehead atoms. The smallest absolute Gasteiger partial charge is 0.253 e. The lowest BCUT2D eigenvalue weighted by atomic mass is 10.1. The lowest BCUT2D eigenvalue weighted by Gasteiger charge is -2.17. The van der Waals surface area contributed by atoms with E-state index in [0.29, 0.717) is 17.3 Å². The third-order valence-electron chi connectivity index (χ3n) is 3.29. The monoisotopic (exact) mass is 303 g/mol. The van der Waals surface area contributed by atoms with Crippen LogP contribution in [-0.2, 0) is 12.8 Å². The molecule has 0 aliphatic heterocycles. The zero-order chi connectivity index (χ0) is 15.2. The minimum atomic E-state index is -0.0388. The molecule has 2 heterocycles. The van der Waals surface area contributed by atoms with Crippen molar-refractivity contribution in [3.8, 4) is 0 Å². The molecule has 0 atom stereocenters. The van der Waals surface area contributed by atoms with Gasteiger partial charge in [0.25, 0.3) is 5.91 Å². The molecule has 1 amide bonds. The van der Waals surface area contributed by atoms with Gasteiger partial charge in [-0.05, 0) is 42.7 Å². The van der Waals surface area contributed by atoms with Crippen LogP contribution >= 0.6 is 11.6 Å². The average molecular weight is 304 g/mol. The van der Waals surface area contributed by atoms with Crippen LogP contribution in [-0.4, -0.2) is 34.4 Å². The predicted octanol–water partition coefficient (Wildman–Crippen LogP) is 3.01. The Morgan fingerprint density at radius 2 is 2.00 bits per heavy atom. The number of aromatic nitrogens is 2. The molecule has 0 radical (unpaired) electrons. The molecule has 0 aliphatic rings. The Labute approximate surface area is 129 Å². The van der Waals surface area contributed by atoms with Crippen LogP contribution in [0.5, 0.6) is 0 Å². The van der Waals surface area contributed by atoms with Crippen molar-refractivity contribution in [1.82, 2.24) is 14.9 Å².